The van der Waals surface area contributed by atoms with Gasteiger partial charge in [-0.1, -0.05) is 23.2 Å². The van der Waals surface area contributed by atoms with Crippen LogP contribution < -0.4 is 5.32 Å². The molecule has 1 saturated carbocycles. The van der Waals surface area contributed by atoms with Crippen LogP contribution in [-0.4, -0.2) is 9.97 Å². The molecule has 1 aliphatic rings. The van der Waals surface area contributed by atoms with Gasteiger partial charge < -0.3 is 5.32 Å². The number of halogens is 2. The number of hydrogen-bond acceptors (Lipinski definition) is 4. The van der Waals surface area contributed by atoms with Gasteiger partial charge >= 0.3 is 0 Å². The van der Waals surface area contributed by atoms with Crippen LogP contribution in [0.1, 0.15) is 30.1 Å². The third-order valence-corrected chi connectivity index (χ3v) is 3.54. The van der Waals surface area contributed by atoms with Gasteiger partial charge in [0.25, 0.3) is 0 Å². The smallest absolute Gasteiger partial charge is 0.135 e. The molecule has 6 heteroatoms. The summed E-state index contributed by atoms with van der Waals surface area (Å²) in [5, 5.41) is 12.9. The molecule has 100 valence electrons. The Morgan fingerprint density at radius 1 is 1.20 bits per heavy atom. The summed E-state index contributed by atoms with van der Waals surface area (Å²) < 4.78 is 0. The molecule has 0 unspecified atom stereocenters. The molecule has 3 rings (SSSR count). The lowest BCUT2D eigenvalue weighted by Gasteiger charge is -2.09. The molecule has 1 aromatic carbocycles. The van der Waals surface area contributed by atoms with E-state index >= 15 is 0 Å². The van der Waals surface area contributed by atoms with Crippen molar-refractivity contribution in [3.63, 3.8) is 0 Å². The largest absolute Gasteiger partial charge is 0.339 e. The van der Waals surface area contributed by atoms with Crippen LogP contribution >= 0.6 is 23.2 Å². The van der Waals surface area contributed by atoms with E-state index in [1.54, 1.807) is 24.3 Å². The molecule has 0 saturated heterocycles. The third-order valence-electron chi connectivity index (χ3n) is 3.01. The molecule has 1 heterocycles. The number of anilines is 2. The summed E-state index contributed by atoms with van der Waals surface area (Å²) in [5.41, 5.74) is 1.15. The molecule has 20 heavy (non-hydrogen) atoms. The maximum absolute atomic E-state index is 8.92. The van der Waals surface area contributed by atoms with E-state index in [9.17, 15) is 0 Å². The SMILES string of the molecule is N#Cc1ccc(Cl)c(Nc2cc(Cl)nc(C3CC3)n2)c1. The molecule has 0 bridgehead atoms. The van der Waals surface area contributed by atoms with Crippen molar-refractivity contribution in [3.05, 3.63) is 45.8 Å². The summed E-state index contributed by atoms with van der Waals surface area (Å²) in [6, 6.07) is 8.73. The van der Waals surface area contributed by atoms with Crippen LogP contribution in [0.25, 0.3) is 0 Å². The molecule has 1 N–H and O–H groups in total. The molecular weight excluding hydrogens is 295 g/mol. The first-order chi connectivity index (χ1) is 9.65. The van der Waals surface area contributed by atoms with Gasteiger partial charge in [0.15, 0.2) is 0 Å². The van der Waals surface area contributed by atoms with Gasteiger partial charge in [-0.05, 0) is 31.0 Å². The van der Waals surface area contributed by atoms with Crippen molar-refractivity contribution >= 4 is 34.7 Å². The van der Waals surface area contributed by atoms with Gasteiger partial charge in [-0.15, -0.1) is 0 Å². The Kier molecular flexibility index (Phi) is 3.47. The van der Waals surface area contributed by atoms with Gasteiger partial charge in [0, 0.05) is 12.0 Å². The fraction of sp³-hybridized carbons (Fsp3) is 0.214. The molecular formula is C14H10Cl2N4. The number of nitrogens with one attached hydrogen (secondary N) is 1. The fourth-order valence-corrected chi connectivity index (χ4v) is 2.21. The summed E-state index contributed by atoms with van der Waals surface area (Å²) in [6.07, 6.45) is 2.20. The van der Waals surface area contributed by atoms with E-state index in [0.717, 1.165) is 18.7 Å². The second-order valence-electron chi connectivity index (χ2n) is 4.64. The van der Waals surface area contributed by atoms with Crippen molar-refractivity contribution < 1.29 is 0 Å². The molecule has 0 radical (unpaired) electrons. The monoisotopic (exact) mass is 304 g/mol. The predicted molar refractivity (Wildman–Crippen MR) is 78.5 cm³/mol. The summed E-state index contributed by atoms with van der Waals surface area (Å²) in [4.78, 5) is 8.66. The number of benzene rings is 1. The summed E-state index contributed by atoms with van der Waals surface area (Å²) in [6.45, 7) is 0. The second kappa shape index (κ2) is 5.28. The topological polar surface area (TPSA) is 61.6 Å². The van der Waals surface area contributed by atoms with Crippen LogP contribution in [0.2, 0.25) is 10.2 Å². The molecule has 2 aromatic rings. The highest BCUT2D eigenvalue weighted by Crippen LogP contribution is 2.39. The maximum Gasteiger partial charge on any atom is 0.135 e. The summed E-state index contributed by atoms with van der Waals surface area (Å²) in [7, 11) is 0. The lowest BCUT2D eigenvalue weighted by atomic mass is 10.2. The third kappa shape index (κ3) is 2.84. The minimum absolute atomic E-state index is 0.400. The quantitative estimate of drug-likeness (QED) is 0.860. The Balaban J connectivity index is 1.93. The molecule has 1 aromatic heterocycles. The Morgan fingerprint density at radius 3 is 2.70 bits per heavy atom. The Bertz CT molecular complexity index is 705. The van der Waals surface area contributed by atoms with E-state index in [4.69, 9.17) is 28.5 Å². The molecule has 0 amide bonds. The van der Waals surface area contributed by atoms with Crippen molar-refractivity contribution in [2.45, 2.75) is 18.8 Å². The first kappa shape index (κ1) is 13.2. The lowest BCUT2D eigenvalue weighted by Crippen LogP contribution is -2.00. The van der Waals surface area contributed by atoms with E-state index < -0.39 is 0 Å². The van der Waals surface area contributed by atoms with E-state index in [2.05, 4.69) is 21.4 Å². The summed E-state index contributed by atoms with van der Waals surface area (Å²) >= 11 is 12.1. The highest BCUT2D eigenvalue weighted by molar-refractivity contribution is 6.33. The molecule has 0 atom stereocenters. The van der Waals surface area contributed by atoms with Gasteiger partial charge in [0.2, 0.25) is 0 Å². The first-order valence-corrected chi connectivity index (χ1v) is 6.92. The number of nitrogens with zero attached hydrogens (tertiary/aromatic N) is 3. The van der Waals surface area contributed by atoms with Gasteiger partial charge in [0.05, 0.1) is 22.3 Å². The standard InChI is InChI=1S/C14H10Cl2N4/c15-10-4-1-8(7-17)5-11(10)18-13-6-12(16)19-14(20-13)9-2-3-9/h1,4-6,9H,2-3H2,(H,18,19,20). The van der Waals surface area contributed by atoms with Crippen LogP contribution in [0.4, 0.5) is 11.5 Å². The van der Waals surface area contributed by atoms with Gasteiger partial charge in [-0.25, -0.2) is 9.97 Å². The number of aromatic nitrogens is 2. The highest BCUT2D eigenvalue weighted by atomic mass is 35.5. The average molecular weight is 305 g/mol. The van der Waals surface area contributed by atoms with Crippen LogP contribution in [-0.2, 0) is 0 Å². The van der Waals surface area contributed by atoms with E-state index in [1.165, 1.54) is 0 Å². The van der Waals surface area contributed by atoms with E-state index in [-0.39, 0.29) is 0 Å². The Morgan fingerprint density at radius 2 is 2.00 bits per heavy atom. The van der Waals surface area contributed by atoms with Gasteiger partial charge in [0.1, 0.15) is 16.8 Å². The van der Waals surface area contributed by atoms with E-state index in [1.807, 2.05) is 0 Å². The van der Waals surface area contributed by atoms with Crippen LogP contribution in [0.15, 0.2) is 24.3 Å². The molecule has 0 aliphatic heterocycles. The first-order valence-electron chi connectivity index (χ1n) is 6.17. The number of rotatable bonds is 3. The Labute approximate surface area is 126 Å². The predicted octanol–water partition coefficient (Wildman–Crippen LogP) is 4.28. The molecule has 0 spiro atoms. The summed E-state index contributed by atoms with van der Waals surface area (Å²) in [5.74, 6) is 1.76. The second-order valence-corrected chi connectivity index (χ2v) is 5.43. The van der Waals surface area contributed by atoms with Gasteiger partial charge in [-0.3, -0.25) is 0 Å². The zero-order chi connectivity index (χ0) is 14.1. The van der Waals surface area contributed by atoms with Crippen LogP contribution in [0.5, 0.6) is 0 Å². The van der Waals surface area contributed by atoms with Crippen molar-refractivity contribution in [1.82, 2.24) is 9.97 Å². The zero-order valence-electron chi connectivity index (χ0n) is 10.4. The highest BCUT2D eigenvalue weighted by Gasteiger charge is 2.27. The molecule has 4 nitrogen and oxygen atoms in total. The molecule has 1 aliphatic carbocycles. The molecule has 1 fully saturated rings. The van der Waals surface area contributed by atoms with Gasteiger partial charge in [-0.2, -0.15) is 5.26 Å². The van der Waals surface area contributed by atoms with Crippen molar-refractivity contribution in [1.29, 1.82) is 5.26 Å². The normalized spacial score (nSPS) is 13.8. The minimum atomic E-state index is 0.400. The average Bonchev–Trinajstić information content (AvgIpc) is 3.25. The number of hydrogen-bond donors (Lipinski definition) is 1. The Hall–Kier alpha value is -1.83. The zero-order valence-corrected chi connectivity index (χ0v) is 11.9. The maximum atomic E-state index is 8.92. The van der Waals surface area contributed by atoms with Crippen molar-refractivity contribution in [2.24, 2.45) is 0 Å². The van der Waals surface area contributed by atoms with Crippen LogP contribution in [0, 0.1) is 11.3 Å². The number of nitriles is 1. The van der Waals surface area contributed by atoms with Crippen molar-refractivity contribution in [2.75, 3.05) is 5.32 Å². The van der Waals surface area contributed by atoms with Crippen LogP contribution in [0.3, 0.4) is 0 Å². The fourth-order valence-electron chi connectivity index (χ4n) is 1.85. The lowest BCUT2D eigenvalue weighted by molar-refractivity contribution is 0.931. The minimum Gasteiger partial charge on any atom is -0.339 e. The van der Waals surface area contributed by atoms with Crippen molar-refractivity contribution in [3.8, 4) is 6.07 Å². The van der Waals surface area contributed by atoms with E-state index in [0.29, 0.717) is 33.2 Å².